The smallest absolute Gasteiger partial charge is 0.0628 e. The molecule has 1 saturated carbocycles. The Labute approximate surface area is 116 Å². The monoisotopic (exact) mass is 261 g/mol. The van der Waals surface area contributed by atoms with Gasteiger partial charge < -0.3 is 5.32 Å². The molecule has 3 unspecified atom stereocenters. The number of fused-ring (bicyclic) bond motifs is 1. The van der Waals surface area contributed by atoms with Crippen LogP contribution in [0.1, 0.15) is 49.6 Å². The Morgan fingerprint density at radius 1 is 1.32 bits per heavy atom. The van der Waals surface area contributed by atoms with Gasteiger partial charge in [0, 0.05) is 18.3 Å². The summed E-state index contributed by atoms with van der Waals surface area (Å²) in [6.07, 6.45) is 6.85. The Morgan fingerprint density at radius 2 is 2.16 bits per heavy atom. The Hall–Kier alpha value is -0.830. The Bertz CT molecular complexity index is 449. The summed E-state index contributed by atoms with van der Waals surface area (Å²) in [6, 6.07) is 0.760. The molecule has 106 valence electrons. The maximum Gasteiger partial charge on any atom is 0.0628 e. The van der Waals surface area contributed by atoms with Gasteiger partial charge in [0.15, 0.2) is 0 Å². The molecule has 0 radical (unpaired) electrons. The molecule has 3 heteroatoms. The Morgan fingerprint density at radius 3 is 2.89 bits per heavy atom. The molecular formula is C16H27N3. The lowest BCUT2D eigenvalue weighted by Gasteiger charge is -2.18. The van der Waals surface area contributed by atoms with Crippen molar-refractivity contribution in [3.8, 4) is 0 Å². The zero-order chi connectivity index (χ0) is 13.4. The molecule has 2 heterocycles. The van der Waals surface area contributed by atoms with E-state index in [0.29, 0.717) is 0 Å². The SMILES string of the molecule is CCn1nc(C)c(CCC2NCC3CCCC32)c1C. The quantitative estimate of drug-likeness (QED) is 0.903. The van der Waals surface area contributed by atoms with Gasteiger partial charge in [-0.3, -0.25) is 4.68 Å². The van der Waals surface area contributed by atoms with E-state index in [1.807, 2.05) is 0 Å². The highest BCUT2D eigenvalue weighted by Gasteiger charge is 2.38. The molecule has 0 amide bonds. The van der Waals surface area contributed by atoms with Crippen molar-refractivity contribution in [2.45, 2.75) is 65.5 Å². The van der Waals surface area contributed by atoms with E-state index in [0.717, 1.165) is 24.4 Å². The van der Waals surface area contributed by atoms with Gasteiger partial charge in [0.2, 0.25) is 0 Å². The second-order valence-electron chi connectivity index (χ2n) is 6.37. The van der Waals surface area contributed by atoms with Gasteiger partial charge in [-0.2, -0.15) is 5.10 Å². The van der Waals surface area contributed by atoms with E-state index in [1.54, 1.807) is 0 Å². The summed E-state index contributed by atoms with van der Waals surface area (Å²) in [5, 5.41) is 8.40. The van der Waals surface area contributed by atoms with E-state index in [1.165, 1.54) is 55.6 Å². The zero-order valence-corrected chi connectivity index (χ0v) is 12.6. The van der Waals surface area contributed by atoms with Gasteiger partial charge in [-0.25, -0.2) is 0 Å². The van der Waals surface area contributed by atoms with E-state index >= 15 is 0 Å². The molecule has 1 aromatic heterocycles. The minimum absolute atomic E-state index is 0.760. The number of nitrogens with one attached hydrogen (secondary N) is 1. The number of nitrogens with zero attached hydrogens (tertiary/aromatic N) is 2. The van der Waals surface area contributed by atoms with Gasteiger partial charge in [0.05, 0.1) is 5.69 Å². The molecule has 1 saturated heterocycles. The fourth-order valence-corrected chi connectivity index (χ4v) is 4.32. The highest BCUT2D eigenvalue weighted by Crippen LogP contribution is 2.39. The molecule has 2 fully saturated rings. The number of rotatable bonds is 4. The summed E-state index contributed by atoms with van der Waals surface area (Å²) in [6.45, 7) is 8.81. The molecule has 3 rings (SSSR count). The van der Waals surface area contributed by atoms with Crippen LogP contribution in [0.15, 0.2) is 0 Å². The lowest BCUT2D eigenvalue weighted by atomic mass is 9.90. The largest absolute Gasteiger partial charge is 0.313 e. The Kier molecular flexibility index (Phi) is 3.66. The van der Waals surface area contributed by atoms with Gasteiger partial charge in [0.1, 0.15) is 0 Å². The van der Waals surface area contributed by atoms with Crippen LogP contribution < -0.4 is 5.32 Å². The van der Waals surface area contributed by atoms with Gasteiger partial charge in [-0.05, 0) is 70.4 Å². The van der Waals surface area contributed by atoms with Crippen molar-refractivity contribution in [1.29, 1.82) is 0 Å². The van der Waals surface area contributed by atoms with E-state index in [9.17, 15) is 0 Å². The van der Waals surface area contributed by atoms with Crippen LogP contribution in [0, 0.1) is 25.7 Å². The molecule has 19 heavy (non-hydrogen) atoms. The molecule has 0 aromatic carbocycles. The third-order valence-corrected chi connectivity index (χ3v) is 5.41. The Balaban J connectivity index is 1.65. The average molecular weight is 261 g/mol. The molecule has 1 aliphatic heterocycles. The highest BCUT2D eigenvalue weighted by molar-refractivity contribution is 5.24. The molecule has 0 spiro atoms. The van der Waals surface area contributed by atoms with Gasteiger partial charge in [0.25, 0.3) is 0 Å². The molecule has 2 aliphatic rings. The number of aryl methyl sites for hydroxylation is 2. The normalized spacial score (nSPS) is 29.9. The van der Waals surface area contributed by atoms with Crippen molar-refractivity contribution in [2.24, 2.45) is 11.8 Å². The minimum atomic E-state index is 0.760. The van der Waals surface area contributed by atoms with Crippen LogP contribution in [0.4, 0.5) is 0 Å². The summed E-state index contributed by atoms with van der Waals surface area (Å²) in [5.41, 5.74) is 4.10. The van der Waals surface area contributed by atoms with Crippen molar-refractivity contribution >= 4 is 0 Å². The molecule has 3 nitrogen and oxygen atoms in total. The summed E-state index contributed by atoms with van der Waals surface area (Å²) < 4.78 is 2.14. The second-order valence-corrected chi connectivity index (χ2v) is 6.37. The average Bonchev–Trinajstić information content (AvgIpc) is 3.05. The highest BCUT2D eigenvalue weighted by atomic mass is 15.3. The van der Waals surface area contributed by atoms with Crippen LogP contribution in [-0.4, -0.2) is 22.4 Å². The predicted octanol–water partition coefficient (Wildman–Crippen LogP) is 2.84. The topological polar surface area (TPSA) is 29.9 Å². The summed E-state index contributed by atoms with van der Waals surface area (Å²) in [7, 11) is 0. The molecule has 3 atom stereocenters. The van der Waals surface area contributed by atoms with Gasteiger partial charge >= 0.3 is 0 Å². The van der Waals surface area contributed by atoms with E-state index in [2.05, 4.69) is 35.9 Å². The van der Waals surface area contributed by atoms with Crippen LogP contribution in [0.2, 0.25) is 0 Å². The first-order valence-electron chi connectivity index (χ1n) is 7.97. The second kappa shape index (κ2) is 5.28. The number of aromatic nitrogens is 2. The fourth-order valence-electron chi connectivity index (χ4n) is 4.32. The van der Waals surface area contributed by atoms with Crippen LogP contribution in [0.5, 0.6) is 0 Å². The summed E-state index contributed by atoms with van der Waals surface area (Å²) in [5.74, 6) is 1.94. The molecule has 1 aromatic rings. The third kappa shape index (κ3) is 2.33. The van der Waals surface area contributed by atoms with E-state index < -0.39 is 0 Å². The van der Waals surface area contributed by atoms with E-state index in [4.69, 9.17) is 0 Å². The van der Waals surface area contributed by atoms with Crippen LogP contribution in [0.25, 0.3) is 0 Å². The molecule has 1 N–H and O–H groups in total. The van der Waals surface area contributed by atoms with Crippen molar-refractivity contribution < 1.29 is 0 Å². The minimum Gasteiger partial charge on any atom is -0.313 e. The van der Waals surface area contributed by atoms with Crippen LogP contribution >= 0.6 is 0 Å². The maximum atomic E-state index is 4.64. The lowest BCUT2D eigenvalue weighted by Crippen LogP contribution is -2.27. The summed E-state index contributed by atoms with van der Waals surface area (Å²) in [4.78, 5) is 0. The number of hydrogen-bond acceptors (Lipinski definition) is 2. The predicted molar refractivity (Wildman–Crippen MR) is 78.3 cm³/mol. The maximum absolute atomic E-state index is 4.64. The fraction of sp³-hybridized carbons (Fsp3) is 0.812. The lowest BCUT2D eigenvalue weighted by molar-refractivity contribution is 0.393. The van der Waals surface area contributed by atoms with Crippen molar-refractivity contribution in [3.05, 3.63) is 17.0 Å². The van der Waals surface area contributed by atoms with Crippen molar-refractivity contribution in [1.82, 2.24) is 15.1 Å². The first-order valence-corrected chi connectivity index (χ1v) is 7.97. The molecule has 1 aliphatic carbocycles. The first-order chi connectivity index (χ1) is 9.20. The molecular weight excluding hydrogens is 234 g/mol. The van der Waals surface area contributed by atoms with Crippen LogP contribution in [0.3, 0.4) is 0 Å². The first kappa shape index (κ1) is 13.2. The molecule has 0 bridgehead atoms. The third-order valence-electron chi connectivity index (χ3n) is 5.41. The van der Waals surface area contributed by atoms with Crippen LogP contribution in [-0.2, 0) is 13.0 Å². The van der Waals surface area contributed by atoms with Gasteiger partial charge in [-0.1, -0.05) is 6.42 Å². The van der Waals surface area contributed by atoms with Gasteiger partial charge in [-0.15, -0.1) is 0 Å². The summed E-state index contributed by atoms with van der Waals surface area (Å²) >= 11 is 0. The standard InChI is InChI=1S/C16H27N3/c1-4-19-12(3)14(11(2)18-19)8-9-16-15-7-5-6-13(15)10-17-16/h13,15-17H,4-10H2,1-3H3. The van der Waals surface area contributed by atoms with Crippen molar-refractivity contribution in [3.63, 3.8) is 0 Å². The van der Waals surface area contributed by atoms with E-state index in [-0.39, 0.29) is 0 Å². The zero-order valence-electron chi connectivity index (χ0n) is 12.6. The van der Waals surface area contributed by atoms with Crippen molar-refractivity contribution in [2.75, 3.05) is 6.54 Å². The number of hydrogen-bond donors (Lipinski definition) is 1.